The zero-order valence-corrected chi connectivity index (χ0v) is 9.45. The third-order valence-electron chi connectivity index (χ3n) is 3.55. The van der Waals surface area contributed by atoms with E-state index in [0.29, 0.717) is 0 Å². The number of methoxy groups -OCH3 is 1. The highest BCUT2D eigenvalue weighted by Gasteiger charge is 2.42. The Morgan fingerprint density at radius 3 is 2.67 bits per heavy atom. The average molecular weight is 209 g/mol. The Bertz CT molecular complexity index is 289. The molecule has 1 aromatic rings. The van der Waals surface area contributed by atoms with Gasteiger partial charge in [-0.05, 0) is 26.0 Å². The number of nitrogens with one attached hydrogen (secondary N) is 1. The van der Waals surface area contributed by atoms with Gasteiger partial charge in [-0.1, -0.05) is 12.8 Å². The van der Waals surface area contributed by atoms with Crippen molar-refractivity contribution < 1.29 is 9.15 Å². The van der Waals surface area contributed by atoms with Gasteiger partial charge < -0.3 is 14.5 Å². The summed E-state index contributed by atoms with van der Waals surface area (Å²) >= 11 is 0. The molecular formula is C12H19NO2. The quantitative estimate of drug-likeness (QED) is 0.827. The molecule has 1 aromatic heterocycles. The predicted octanol–water partition coefficient (Wildman–Crippen LogP) is 2.50. The summed E-state index contributed by atoms with van der Waals surface area (Å²) in [5, 5.41) is 3.35. The van der Waals surface area contributed by atoms with Crippen molar-refractivity contribution in [3.8, 4) is 0 Å². The number of hydrogen-bond acceptors (Lipinski definition) is 3. The van der Waals surface area contributed by atoms with Crippen molar-refractivity contribution in [1.82, 2.24) is 5.32 Å². The monoisotopic (exact) mass is 209 g/mol. The van der Waals surface area contributed by atoms with Gasteiger partial charge in [0.1, 0.15) is 0 Å². The smallest absolute Gasteiger partial charge is 0.0951 e. The molecule has 3 heteroatoms. The standard InChI is InChI=1S/C12H19NO2/c1-13-11(10-5-8-15-9-10)12(14-2)6-3-4-7-12/h5,8-9,11,13H,3-4,6-7H2,1-2H3. The number of rotatable bonds is 4. The van der Waals surface area contributed by atoms with Gasteiger partial charge in [0.2, 0.25) is 0 Å². The summed E-state index contributed by atoms with van der Waals surface area (Å²) in [5.41, 5.74) is 1.14. The molecule has 0 aliphatic heterocycles. The van der Waals surface area contributed by atoms with Crippen LogP contribution in [0, 0.1) is 0 Å². The highest BCUT2D eigenvalue weighted by molar-refractivity contribution is 5.18. The molecule has 1 atom stereocenters. The fraction of sp³-hybridized carbons (Fsp3) is 0.667. The zero-order chi connectivity index (χ0) is 10.7. The molecule has 0 radical (unpaired) electrons. The van der Waals surface area contributed by atoms with E-state index in [4.69, 9.17) is 9.15 Å². The molecule has 0 amide bonds. The van der Waals surface area contributed by atoms with Crippen molar-refractivity contribution in [3.05, 3.63) is 24.2 Å². The maximum absolute atomic E-state index is 5.77. The largest absolute Gasteiger partial charge is 0.472 e. The molecule has 3 nitrogen and oxygen atoms in total. The summed E-state index contributed by atoms with van der Waals surface area (Å²) in [7, 11) is 3.80. The molecule has 1 fully saturated rings. The van der Waals surface area contributed by atoms with Gasteiger partial charge >= 0.3 is 0 Å². The van der Waals surface area contributed by atoms with Crippen molar-refractivity contribution in [1.29, 1.82) is 0 Å². The average Bonchev–Trinajstić information content (AvgIpc) is 2.90. The van der Waals surface area contributed by atoms with E-state index in [9.17, 15) is 0 Å². The number of furan rings is 1. The zero-order valence-electron chi connectivity index (χ0n) is 9.45. The molecule has 0 saturated heterocycles. The van der Waals surface area contributed by atoms with E-state index in [1.807, 2.05) is 20.2 Å². The van der Waals surface area contributed by atoms with E-state index in [-0.39, 0.29) is 11.6 Å². The van der Waals surface area contributed by atoms with Crippen LogP contribution >= 0.6 is 0 Å². The lowest BCUT2D eigenvalue weighted by atomic mass is 9.88. The minimum atomic E-state index is -0.0430. The van der Waals surface area contributed by atoms with Gasteiger partial charge in [0.15, 0.2) is 0 Å². The number of ether oxygens (including phenoxy) is 1. The Balaban J connectivity index is 2.24. The van der Waals surface area contributed by atoms with Crippen LogP contribution in [0.5, 0.6) is 0 Å². The third kappa shape index (κ3) is 1.82. The van der Waals surface area contributed by atoms with Crippen molar-refractivity contribution >= 4 is 0 Å². The highest BCUT2D eigenvalue weighted by Crippen LogP contribution is 2.42. The Morgan fingerprint density at radius 1 is 1.47 bits per heavy atom. The van der Waals surface area contributed by atoms with Gasteiger partial charge in [0, 0.05) is 12.7 Å². The van der Waals surface area contributed by atoms with Gasteiger partial charge in [0.25, 0.3) is 0 Å². The summed E-state index contributed by atoms with van der Waals surface area (Å²) in [6.45, 7) is 0. The molecule has 0 aromatic carbocycles. The van der Waals surface area contributed by atoms with Crippen molar-refractivity contribution in [2.45, 2.75) is 37.3 Å². The normalized spacial score (nSPS) is 21.7. The predicted molar refractivity (Wildman–Crippen MR) is 58.7 cm³/mol. The molecule has 2 rings (SSSR count). The Morgan fingerprint density at radius 2 is 2.20 bits per heavy atom. The summed E-state index contributed by atoms with van der Waals surface area (Å²) in [6, 6.07) is 2.25. The lowest BCUT2D eigenvalue weighted by Crippen LogP contribution is -2.42. The van der Waals surface area contributed by atoms with E-state index >= 15 is 0 Å². The van der Waals surface area contributed by atoms with Crippen LogP contribution in [0.25, 0.3) is 0 Å². The molecule has 1 N–H and O–H groups in total. The molecule has 1 unspecified atom stereocenters. The molecular weight excluding hydrogens is 190 g/mol. The number of likely N-dealkylation sites (N-methyl/N-ethyl adjacent to an activating group) is 1. The molecule has 84 valence electrons. The Hall–Kier alpha value is -0.800. The summed E-state index contributed by atoms with van der Waals surface area (Å²) in [5.74, 6) is 0. The highest BCUT2D eigenvalue weighted by atomic mass is 16.5. The van der Waals surface area contributed by atoms with Gasteiger partial charge in [0.05, 0.1) is 24.2 Å². The second kappa shape index (κ2) is 4.37. The van der Waals surface area contributed by atoms with Gasteiger partial charge in [-0.2, -0.15) is 0 Å². The summed E-state index contributed by atoms with van der Waals surface area (Å²) in [6.07, 6.45) is 8.28. The topological polar surface area (TPSA) is 34.4 Å². The van der Waals surface area contributed by atoms with Crippen LogP contribution in [0.2, 0.25) is 0 Å². The first-order chi connectivity index (χ1) is 7.32. The van der Waals surface area contributed by atoms with Crippen LogP contribution in [0.4, 0.5) is 0 Å². The van der Waals surface area contributed by atoms with Crippen LogP contribution in [-0.2, 0) is 4.74 Å². The maximum atomic E-state index is 5.77. The van der Waals surface area contributed by atoms with Crippen LogP contribution in [0.15, 0.2) is 23.0 Å². The van der Waals surface area contributed by atoms with Crippen LogP contribution in [0.3, 0.4) is 0 Å². The van der Waals surface area contributed by atoms with Crippen LogP contribution in [-0.4, -0.2) is 19.8 Å². The molecule has 0 bridgehead atoms. The van der Waals surface area contributed by atoms with E-state index in [1.54, 1.807) is 12.5 Å². The van der Waals surface area contributed by atoms with E-state index in [2.05, 4.69) is 5.32 Å². The minimum absolute atomic E-state index is 0.0430. The fourth-order valence-corrected chi connectivity index (χ4v) is 2.76. The Labute approximate surface area is 90.8 Å². The summed E-state index contributed by atoms with van der Waals surface area (Å²) in [4.78, 5) is 0. The first-order valence-electron chi connectivity index (χ1n) is 5.57. The second-order valence-corrected chi connectivity index (χ2v) is 4.25. The molecule has 1 aliphatic carbocycles. The van der Waals surface area contributed by atoms with Gasteiger partial charge in [-0.25, -0.2) is 0 Å². The molecule has 1 saturated carbocycles. The van der Waals surface area contributed by atoms with Crippen molar-refractivity contribution in [3.63, 3.8) is 0 Å². The first kappa shape index (κ1) is 10.7. The third-order valence-corrected chi connectivity index (χ3v) is 3.55. The van der Waals surface area contributed by atoms with E-state index in [0.717, 1.165) is 12.8 Å². The van der Waals surface area contributed by atoms with Crippen LogP contribution < -0.4 is 5.32 Å². The van der Waals surface area contributed by atoms with Crippen molar-refractivity contribution in [2.75, 3.05) is 14.2 Å². The second-order valence-electron chi connectivity index (χ2n) is 4.25. The number of hydrogen-bond donors (Lipinski definition) is 1. The Kier molecular flexibility index (Phi) is 3.12. The maximum Gasteiger partial charge on any atom is 0.0951 e. The molecule has 15 heavy (non-hydrogen) atoms. The molecule has 0 spiro atoms. The van der Waals surface area contributed by atoms with E-state index < -0.39 is 0 Å². The first-order valence-corrected chi connectivity index (χ1v) is 5.57. The van der Waals surface area contributed by atoms with Gasteiger partial charge in [-0.3, -0.25) is 0 Å². The van der Waals surface area contributed by atoms with Gasteiger partial charge in [-0.15, -0.1) is 0 Å². The summed E-state index contributed by atoms with van der Waals surface area (Å²) < 4.78 is 10.9. The SMILES string of the molecule is CNC(c1ccoc1)C1(OC)CCCC1. The lowest BCUT2D eigenvalue weighted by Gasteiger charge is -2.35. The lowest BCUT2D eigenvalue weighted by molar-refractivity contribution is -0.0350. The fourth-order valence-electron chi connectivity index (χ4n) is 2.76. The minimum Gasteiger partial charge on any atom is -0.472 e. The van der Waals surface area contributed by atoms with E-state index in [1.165, 1.54) is 18.4 Å². The van der Waals surface area contributed by atoms with Crippen LogP contribution in [0.1, 0.15) is 37.3 Å². The molecule has 1 heterocycles. The van der Waals surface area contributed by atoms with Crippen molar-refractivity contribution in [2.24, 2.45) is 0 Å². The molecule has 1 aliphatic rings.